The van der Waals surface area contributed by atoms with Crippen LogP contribution >= 0.6 is 0 Å². The standard InChI is InChI=1S/C20H17F2N5O2.C20H18FN5O2/c1-2-17(28)25-7-9-26(10-8-25)20-24-12-23-16-11-14(18(22)19(29)27(16)20)13-5-3-4-6-15(13)21;1-2-18(27)24-7-9-25(10-8-24)20-23-13-22-17-11-14(12-19(28)26(17)20)15-5-3-4-6-16(15)21/h2-6,11-12H,1,7-10H2;2-6,11-13H,1,7-10H2. The molecule has 0 unspecified atom stereocenters. The molecule has 2 aliphatic heterocycles. The van der Waals surface area contributed by atoms with Crippen LogP contribution in [0.5, 0.6) is 0 Å². The highest BCUT2D eigenvalue weighted by Crippen LogP contribution is 2.26. The van der Waals surface area contributed by atoms with Crippen molar-refractivity contribution < 1.29 is 22.8 Å². The molecule has 6 aromatic rings. The highest BCUT2D eigenvalue weighted by Gasteiger charge is 2.26. The number of nitrogens with zero attached hydrogens (tertiary/aromatic N) is 10. The van der Waals surface area contributed by atoms with Crippen molar-refractivity contribution in [3.8, 4) is 22.3 Å². The van der Waals surface area contributed by atoms with E-state index in [1.165, 1.54) is 65.6 Å². The van der Waals surface area contributed by atoms with Crippen LogP contribution in [0.25, 0.3) is 33.5 Å². The van der Waals surface area contributed by atoms with Crippen LogP contribution in [0.1, 0.15) is 0 Å². The molecule has 8 rings (SSSR count). The fourth-order valence-corrected chi connectivity index (χ4v) is 6.79. The molecule has 2 amide bonds. The lowest BCUT2D eigenvalue weighted by molar-refractivity contribution is -0.127. The number of amides is 2. The number of piperazine rings is 2. The zero-order valence-electron chi connectivity index (χ0n) is 30.5. The van der Waals surface area contributed by atoms with Gasteiger partial charge >= 0.3 is 0 Å². The Kier molecular flexibility index (Phi) is 10.9. The number of aromatic nitrogens is 6. The number of fused-ring (bicyclic) bond motifs is 2. The summed E-state index contributed by atoms with van der Waals surface area (Å²) in [5, 5.41) is 0. The Morgan fingerprint density at radius 1 is 0.579 bits per heavy atom. The van der Waals surface area contributed by atoms with E-state index in [1.807, 2.05) is 4.90 Å². The first-order valence-electron chi connectivity index (χ1n) is 17.9. The molecule has 290 valence electrons. The largest absolute Gasteiger partial charge is 0.338 e. The molecule has 2 aromatic carbocycles. The molecule has 0 atom stereocenters. The third kappa shape index (κ3) is 7.58. The Hall–Kier alpha value is -7.17. The molecule has 57 heavy (non-hydrogen) atoms. The number of carbonyl (C=O) groups is 2. The average molecular weight is 777 g/mol. The van der Waals surface area contributed by atoms with Crippen LogP contribution in [-0.4, -0.2) is 103 Å². The molecular weight excluding hydrogens is 741 g/mol. The van der Waals surface area contributed by atoms with Gasteiger partial charge in [-0.15, -0.1) is 0 Å². The van der Waals surface area contributed by atoms with Gasteiger partial charge < -0.3 is 19.6 Å². The molecule has 0 N–H and O–H groups in total. The van der Waals surface area contributed by atoms with E-state index in [0.717, 1.165) is 4.40 Å². The highest BCUT2D eigenvalue weighted by atomic mass is 19.1. The number of rotatable bonds is 6. The van der Waals surface area contributed by atoms with Gasteiger partial charge in [0, 0.05) is 75.1 Å². The van der Waals surface area contributed by atoms with E-state index in [4.69, 9.17) is 0 Å². The summed E-state index contributed by atoms with van der Waals surface area (Å²) in [5.41, 5.74) is -0.102. The zero-order valence-corrected chi connectivity index (χ0v) is 30.5. The molecule has 0 spiro atoms. The number of halogens is 3. The van der Waals surface area contributed by atoms with Crippen LogP contribution < -0.4 is 20.9 Å². The summed E-state index contributed by atoms with van der Waals surface area (Å²) in [4.78, 5) is 72.9. The van der Waals surface area contributed by atoms with Crippen molar-refractivity contribution in [2.75, 3.05) is 62.2 Å². The van der Waals surface area contributed by atoms with Gasteiger partial charge in [0.1, 0.15) is 35.6 Å². The van der Waals surface area contributed by atoms with Gasteiger partial charge in [-0.3, -0.25) is 19.2 Å². The molecule has 2 aliphatic rings. The fourth-order valence-electron chi connectivity index (χ4n) is 6.79. The first kappa shape index (κ1) is 38.1. The van der Waals surface area contributed by atoms with Gasteiger partial charge in [-0.1, -0.05) is 49.6 Å². The maximum absolute atomic E-state index is 14.9. The average Bonchev–Trinajstić information content (AvgIpc) is 3.24. The Morgan fingerprint density at radius 3 is 1.56 bits per heavy atom. The topological polar surface area (TPSA) is 142 Å². The van der Waals surface area contributed by atoms with E-state index in [1.54, 1.807) is 45.0 Å². The molecule has 6 heterocycles. The zero-order chi connectivity index (χ0) is 40.2. The minimum Gasteiger partial charge on any atom is -0.338 e. The molecular formula is C40H35F3N10O4. The smallest absolute Gasteiger partial charge is 0.295 e. The molecule has 4 aromatic heterocycles. The second kappa shape index (κ2) is 16.3. The maximum Gasteiger partial charge on any atom is 0.295 e. The van der Waals surface area contributed by atoms with Crippen LogP contribution in [0, 0.1) is 17.5 Å². The second-order valence-electron chi connectivity index (χ2n) is 13.0. The van der Waals surface area contributed by atoms with Crippen LogP contribution in [-0.2, 0) is 9.59 Å². The summed E-state index contributed by atoms with van der Waals surface area (Å²) in [5.74, 6) is -1.71. The number of hydrogen-bond acceptors (Lipinski definition) is 10. The van der Waals surface area contributed by atoms with Crippen LogP contribution in [0.15, 0.2) is 114 Å². The monoisotopic (exact) mass is 776 g/mol. The Balaban J connectivity index is 0.000000174. The molecule has 17 heteroatoms. The normalized spacial score (nSPS) is 14.3. The summed E-state index contributed by atoms with van der Waals surface area (Å²) in [7, 11) is 0. The van der Waals surface area contributed by atoms with Gasteiger partial charge in [-0.25, -0.2) is 41.9 Å². The first-order valence-corrected chi connectivity index (χ1v) is 17.9. The van der Waals surface area contributed by atoms with E-state index in [2.05, 4.69) is 33.1 Å². The maximum atomic E-state index is 14.9. The van der Waals surface area contributed by atoms with Gasteiger partial charge in [-0.05, 0) is 42.0 Å². The number of benzene rings is 2. The van der Waals surface area contributed by atoms with Crippen LogP contribution in [0.4, 0.5) is 25.1 Å². The Bertz CT molecular complexity index is 2650. The van der Waals surface area contributed by atoms with Crippen molar-refractivity contribution in [1.29, 1.82) is 0 Å². The highest BCUT2D eigenvalue weighted by molar-refractivity contribution is 5.87. The summed E-state index contributed by atoms with van der Waals surface area (Å²) in [6.07, 6.45) is 5.20. The number of carbonyl (C=O) groups excluding carboxylic acids is 2. The molecule has 0 saturated carbocycles. The second-order valence-corrected chi connectivity index (χ2v) is 13.0. The number of anilines is 2. The SMILES string of the molecule is C=CC(=O)N1CCN(c2ncnc3cc(-c4ccccc4F)c(F)c(=O)n23)CC1.C=CC(=O)N1CCN(c2ncnc3cc(-c4ccccc4F)cc(=O)n23)CC1. The van der Waals surface area contributed by atoms with E-state index in [-0.39, 0.29) is 40.1 Å². The van der Waals surface area contributed by atoms with Crippen molar-refractivity contribution in [3.05, 3.63) is 143 Å². The quantitative estimate of drug-likeness (QED) is 0.231. The van der Waals surface area contributed by atoms with Gasteiger partial charge in [0.25, 0.3) is 11.1 Å². The summed E-state index contributed by atoms with van der Waals surface area (Å²) in [6, 6.07) is 16.3. The first-order chi connectivity index (χ1) is 27.6. The minimum atomic E-state index is -1.08. The summed E-state index contributed by atoms with van der Waals surface area (Å²) >= 11 is 0. The molecule has 14 nitrogen and oxygen atoms in total. The predicted octanol–water partition coefficient (Wildman–Crippen LogP) is 3.60. The molecule has 0 radical (unpaired) electrons. The summed E-state index contributed by atoms with van der Waals surface area (Å²) < 4.78 is 45.7. The van der Waals surface area contributed by atoms with Crippen LogP contribution in [0.2, 0.25) is 0 Å². The third-order valence-electron chi connectivity index (χ3n) is 9.72. The predicted molar refractivity (Wildman–Crippen MR) is 207 cm³/mol. The molecule has 2 fully saturated rings. The number of hydrogen-bond donors (Lipinski definition) is 0. The van der Waals surface area contributed by atoms with Crippen molar-refractivity contribution in [2.24, 2.45) is 0 Å². The van der Waals surface area contributed by atoms with E-state index >= 15 is 0 Å². The molecule has 0 aliphatic carbocycles. The van der Waals surface area contributed by atoms with Gasteiger partial charge in [0.15, 0.2) is 5.82 Å². The Morgan fingerprint density at radius 2 is 1.05 bits per heavy atom. The lowest BCUT2D eigenvalue weighted by atomic mass is 10.1. The lowest BCUT2D eigenvalue weighted by Gasteiger charge is -2.34. The van der Waals surface area contributed by atoms with Crippen molar-refractivity contribution in [2.45, 2.75) is 0 Å². The van der Waals surface area contributed by atoms with E-state index in [9.17, 15) is 32.3 Å². The van der Waals surface area contributed by atoms with Crippen molar-refractivity contribution in [3.63, 3.8) is 0 Å². The van der Waals surface area contributed by atoms with E-state index < -0.39 is 23.0 Å². The van der Waals surface area contributed by atoms with Gasteiger partial charge in [0.05, 0.1) is 0 Å². The van der Waals surface area contributed by atoms with Crippen molar-refractivity contribution >= 4 is 35.0 Å². The van der Waals surface area contributed by atoms with Crippen LogP contribution in [0.3, 0.4) is 0 Å². The minimum absolute atomic E-state index is 0.0127. The fraction of sp³-hybridized carbons (Fsp3) is 0.200. The van der Waals surface area contributed by atoms with Gasteiger partial charge in [0.2, 0.25) is 23.7 Å². The molecule has 0 bridgehead atoms. The lowest BCUT2D eigenvalue weighted by Crippen LogP contribution is -2.49. The van der Waals surface area contributed by atoms with Gasteiger partial charge in [-0.2, -0.15) is 0 Å². The third-order valence-corrected chi connectivity index (χ3v) is 9.72. The van der Waals surface area contributed by atoms with Crippen molar-refractivity contribution in [1.82, 2.24) is 38.5 Å². The van der Waals surface area contributed by atoms with E-state index in [0.29, 0.717) is 75.1 Å². The summed E-state index contributed by atoms with van der Waals surface area (Å²) in [6.45, 7) is 10.7. The number of pyridine rings is 2. The Labute approximate surface area is 323 Å². The molecule has 2 saturated heterocycles.